The molecular formula is C28H21ClN4O2S. The number of amides is 1. The van der Waals surface area contributed by atoms with Crippen molar-refractivity contribution in [3.05, 3.63) is 117 Å². The Labute approximate surface area is 217 Å². The molecule has 36 heavy (non-hydrogen) atoms. The lowest BCUT2D eigenvalue weighted by atomic mass is 10.1. The van der Waals surface area contributed by atoms with Crippen LogP contribution in [0.2, 0.25) is 5.02 Å². The molecule has 8 heteroatoms. The van der Waals surface area contributed by atoms with Gasteiger partial charge < -0.3 is 4.42 Å². The number of amidine groups is 1. The Morgan fingerprint density at radius 1 is 1.00 bits per heavy atom. The lowest BCUT2D eigenvalue weighted by molar-refractivity contribution is -0.116. The molecule has 0 bridgehead atoms. The second-order valence-electron chi connectivity index (χ2n) is 8.53. The van der Waals surface area contributed by atoms with Gasteiger partial charge >= 0.3 is 0 Å². The highest BCUT2D eigenvalue weighted by Crippen LogP contribution is 2.36. The first-order chi connectivity index (χ1) is 17.6. The molecule has 6 rings (SSSR count). The Hall–Kier alpha value is -3.81. The maximum atomic E-state index is 13.3. The number of hydrogen-bond acceptors (Lipinski definition) is 6. The van der Waals surface area contributed by atoms with Crippen molar-refractivity contribution in [1.29, 1.82) is 0 Å². The van der Waals surface area contributed by atoms with Crippen molar-refractivity contribution in [2.45, 2.75) is 18.8 Å². The van der Waals surface area contributed by atoms with E-state index in [-0.39, 0.29) is 5.91 Å². The van der Waals surface area contributed by atoms with E-state index >= 15 is 0 Å². The Bertz CT molecular complexity index is 1630. The van der Waals surface area contributed by atoms with E-state index < -0.39 is 6.17 Å². The Morgan fingerprint density at radius 2 is 1.78 bits per heavy atom. The highest BCUT2D eigenvalue weighted by atomic mass is 35.5. The summed E-state index contributed by atoms with van der Waals surface area (Å²) in [7, 11) is 0. The van der Waals surface area contributed by atoms with E-state index in [9.17, 15) is 4.79 Å². The molecule has 1 atom stereocenters. The number of hydrogen-bond donors (Lipinski definition) is 1. The summed E-state index contributed by atoms with van der Waals surface area (Å²) >= 11 is 7.86. The molecule has 3 aromatic carbocycles. The minimum Gasteiger partial charge on any atom is -0.457 e. The first-order valence-electron chi connectivity index (χ1n) is 11.5. The molecule has 2 aliphatic heterocycles. The van der Waals surface area contributed by atoms with E-state index in [1.165, 1.54) is 17.3 Å². The summed E-state index contributed by atoms with van der Waals surface area (Å²) in [6, 6.07) is 27.1. The highest BCUT2D eigenvalue weighted by molar-refractivity contribution is 8.13. The van der Waals surface area contributed by atoms with Gasteiger partial charge in [0.15, 0.2) is 10.9 Å². The fourth-order valence-corrected chi connectivity index (χ4v) is 5.25. The van der Waals surface area contributed by atoms with Crippen molar-refractivity contribution < 1.29 is 9.21 Å². The number of benzene rings is 3. The SMILES string of the molecule is Cc1ccc(CSC2=NN3C(=c4ccccc4=N[C@@H]3c3ccc(-c4ccccc4Cl)o3)C(=O)N2)cc1. The third-order valence-corrected chi connectivity index (χ3v) is 7.30. The van der Waals surface area contributed by atoms with Crippen molar-refractivity contribution in [1.82, 2.24) is 10.3 Å². The average Bonchev–Trinajstić information content (AvgIpc) is 3.38. The van der Waals surface area contributed by atoms with Gasteiger partial charge in [-0.15, -0.1) is 5.10 Å². The van der Waals surface area contributed by atoms with E-state index in [0.717, 1.165) is 16.3 Å². The molecule has 6 nitrogen and oxygen atoms in total. The predicted molar refractivity (Wildman–Crippen MR) is 142 cm³/mol. The maximum Gasteiger partial charge on any atom is 0.276 e. The Kier molecular flexibility index (Phi) is 5.87. The molecule has 0 aliphatic carbocycles. The monoisotopic (exact) mass is 512 g/mol. The summed E-state index contributed by atoms with van der Waals surface area (Å²) in [5.41, 5.74) is 3.59. The minimum absolute atomic E-state index is 0.221. The van der Waals surface area contributed by atoms with Gasteiger partial charge in [-0.2, -0.15) is 0 Å². The van der Waals surface area contributed by atoms with Gasteiger partial charge in [-0.05, 0) is 42.8 Å². The summed E-state index contributed by atoms with van der Waals surface area (Å²) in [4.78, 5) is 18.2. The molecule has 0 unspecified atom stereocenters. The Balaban J connectivity index is 1.39. The van der Waals surface area contributed by atoms with E-state index in [0.29, 0.717) is 38.5 Å². The van der Waals surface area contributed by atoms with Crippen LogP contribution in [-0.4, -0.2) is 16.1 Å². The molecule has 178 valence electrons. The number of para-hydroxylation sites is 1. The average molecular weight is 513 g/mol. The van der Waals surface area contributed by atoms with Crippen LogP contribution >= 0.6 is 23.4 Å². The molecule has 1 N–H and O–H groups in total. The van der Waals surface area contributed by atoms with Crippen LogP contribution in [0, 0.1) is 6.92 Å². The van der Waals surface area contributed by atoms with Gasteiger partial charge in [-0.3, -0.25) is 10.1 Å². The zero-order valence-corrected chi connectivity index (χ0v) is 20.9. The van der Waals surface area contributed by atoms with Gasteiger partial charge in [0.05, 0.1) is 10.4 Å². The van der Waals surface area contributed by atoms with Crippen molar-refractivity contribution in [3.63, 3.8) is 0 Å². The quantitative estimate of drug-likeness (QED) is 0.418. The Morgan fingerprint density at radius 3 is 2.61 bits per heavy atom. The number of rotatable bonds is 4. The molecule has 4 aromatic rings. The highest BCUT2D eigenvalue weighted by Gasteiger charge is 2.36. The summed E-state index contributed by atoms with van der Waals surface area (Å²) in [6.45, 7) is 2.06. The molecular weight excluding hydrogens is 492 g/mol. The molecule has 1 amide bonds. The van der Waals surface area contributed by atoms with Crippen LogP contribution in [0.25, 0.3) is 17.0 Å². The maximum absolute atomic E-state index is 13.3. The van der Waals surface area contributed by atoms with Crippen molar-refractivity contribution >= 4 is 40.1 Å². The number of halogens is 1. The van der Waals surface area contributed by atoms with Gasteiger partial charge in [0, 0.05) is 16.5 Å². The molecule has 0 radical (unpaired) electrons. The molecule has 0 fully saturated rings. The smallest absolute Gasteiger partial charge is 0.276 e. The van der Waals surface area contributed by atoms with E-state index in [2.05, 4.69) is 36.5 Å². The van der Waals surface area contributed by atoms with E-state index in [1.807, 2.05) is 60.7 Å². The van der Waals surface area contributed by atoms with Gasteiger partial charge in [-0.25, -0.2) is 10.0 Å². The normalized spacial score (nSPS) is 16.6. The van der Waals surface area contributed by atoms with Crippen molar-refractivity contribution in [3.8, 4) is 11.3 Å². The number of carbonyl (C=O) groups excluding carboxylic acids is 1. The number of hydrazone groups is 1. The van der Waals surface area contributed by atoms with Crippen molar-refractivity contribution in [2.75, 3.05) is 0 Å². The number of thioether (sulfide) groups is 1. The molecule has 0 saturated heterocycles. The molecule has 0 saturated carbocycles. The zero-order valence-electron chi connectivity index (χ0n) is 19.3. The minimum atomic E-state index is -0.632. The standard InChI is InChI=1S/C28H21ClN4O2S/c1-17-10-12-18(13-11-17)16-36-28-31-27(34)25-20-7-3-5-9-22(20)30-26(33(25)32-28)24-15-14-23(35-24)19-6-2-4-8-21(19)29/h2-15,26H,16H2,1H3,(H,31,32,34)/t26-/m0/s1. The summed E-state index contributed by atoms with van der Waals surface area (Å²) in [5, 5.41) is 12.0. The second kappa shape index (κ2) is 9.33. The molecule has 2 aliphatic rings. The van der Waals surface area contributed by atoms with Crippen LogP contribution in [0.3, 0.4) is 0 Å². The predicted octanol–water partition coefficient (Wildman–Crippen LogP) is 4.98. The van der Waals surface area contributed by atoms with Crippen LogP contribution in [0.4, 0.5) is 0 Å². The van der Waals surface area contributed by atoms with Crippen LogP contribution in [-0.2, 0) is 10.5 Å². The van der Waals surface area contributed by atoms with Gasteiger partial charge in [0.2, 0.25) is 6.17 Å². The first-order valence-corrected chi connectivity index (χ1v) is 12.8. The van der Waals surface area contributed by atoms with Gasteiger partial charge in [0.1, 0.15) is 11.5 Å². The number of nitrogens with zero attached hydrogens (tertiary/aromatic N) is 3. The number of furan rings is 1. The van der Waals surface area contributed by atoms with Crippen molar-refractivity contribution in [2.24, 2.45) is 10.1 Å². The van der Waals surface area contributed by atoms with Gasteiger partial charge in [-0.1, -0.05) is 83.5 Å². The fraction of sp³-hybridized carbons (Fsp3) is 0.107. The second-order valence-corrected chi connectivity index (χ2v) is 9.90. The molecule has 1 aromatic heterocycles. The molecule has 3 heterocycles. The third-order valence-electron chi connectivity index (χ3n) is 6.03. The van der Waals surface area contributed by atoms with E-state index in [1.54, 1.807) is 5.01 Å². The van der Waals surface area contributed by atoms with Crippen LogP contribution < -0.4 is 15.9 Å². The fourth-order valence-electron chi connectivity index (χ4n) is 4.21. The summed E-state index contributed by atoms with van der Waals surface area (Å²) in [6.07, 6.45) is -0.632. The topological polar surface area (TPSA) is 70.2 Å². The first kappa shape index (κ1) is 22.6. The summed E-state index contributed by atoms with van der Waals surface area (Å²) < 4.78 is 6.22. The van der Waals surface area contributed by atoms with Crippen LogP contribution in [0.15, 0.2) is 99.4 Å². The number of fused-ring (bicyclic) bond motifs is 2. The summed E-state index contributed by atoms with van der Waals surface area (Å²) in [5.74, 6) is 1.66. The number of carbonyl (C=O) groups is 1. The van der Waals surface area contributed by atoms with E-state index in [4.69, 9.17) is 26.1 Å². The number of nitrogens with one attached hydrogen (secondary N) is 1. The number of aryl methyl sites for hydroxylation is 1. The third kappa shape index (κ3) is 4.21. The molecule has 0 spiro atoms. The van der Waals surface area contributed by atoms with Gasteiger partial charge in [0.25, 0.3) is 5.91 Å². The lowest BCUT2D eigenvalue weighted by Crippen LogP contribution is -2.50. The zero-order chi connectivity index (χ0) is 24.6. The lowest BCUT2D eigenvalue weighted by Gasteiger charge is -2.32. The van der Waals surface area contributed by atoms with Crippen LogP contribution in [0.5, 0.6) is 0 Å². The van der Waals surface area contributed by atoms with Crippen LogP contribution in [0.1, 0.15) is 23.1 Å². The largest absolute Gasteiger partial charge is 0.457 e.